The molecule has 1 unspecified atom stereocenters. The van der Waals surface area contributed by atoms with Gasteiger partial charge in [0.05, 0.1) is 17.2 Å². The zero-order chi connectivity index (χ0) is 17.0. The van der Waals surface area contributed by atoms with Crippen molar-refractivity contribution < 1.29 is 9.72 Å². The number of nitrogens with zero attached hydrogens (tertiary/aromatic N) is 3. The topological polar surface area (TPSA) is 102 Å². The Morgan fingerprint density at radius 3 is 2.78 bits per heavy atom. The van der Waals surface area contributed by atoms with Crippen LogP contribution in [0.3, 0.4) is 0 Å². The highest BCUT2D eigenvalue weighted by atomic mass is 16.6. The first-order valence-electron chi connectivity index (χ1n) is 7.24. The molecule has 0 saturated heterocycles. The molecule has 122 valence electrons. The first-order valence-corrected chi connectivity index (χ1v) is 7.24. The van der Waals surface area contributed by atoms with Crippen molar-refractivity contribution in [2.24, 2.45) is 7.05 Å². The number of hydrogen-bond acceptors (Lipinski definition) is 4. The van der Waals surface area contributed by atoms with E-state index in [-0.39, 0.29) is 11.7 Å². The minimum atomic E-state index is -0.444. The van der Waals surface area contributed by atoms with Gasteiger partial charge < -0.3 is 10.6 Å². The van der Waals surface area contributed by atoms with Crippen molar-refractivity contribution in [2.45, 2.75) is 26.3 Å². The van der Waals surface area contributed by atoms with Crippen LogP contribution in [0, 0.1) is 10.1 Å². The maximum atomic E-state index is 12.0. The molecule has 0 aliphatic heterocycles. The average molecular weight is 317 g/mol. The number of aromatic nitrogens is 2. The van der Waals surface area contributed by atoms with Crippen LogP contribution in [0.25, 0.3) is 0 Å². The lowest BCUT2D eigenvalue weighted by atomic mass is 10.1. The Kier molecular flexibility index (Phi) is 4.95. The maximum Gasteiger partial charge on any atom is 0.319 e. The molecule has 2 aromatic rings. The van der Waals surface area contributed by atoms with Gasteiger partial charge in [0, 0.05) is 36.1 Å². The van der Waals surface area contributed by atoms with Gasteiger partial charge in [-0.05, 0) is 19.4 Å². The third kappa shape index (κ3) is 4.06. The van der Waals surface area contributed by atoms with E-state index in [0.717, 1.165) is 5.56 Å². The summed E-state index contributed by atoms with van der Waals surface area (Å²) in [6.07, 6.45) is 4.04. The van der Waals surface area contributed by atoms with Crippen LogP contribution in [0.15, 0.2) is 30.6 Å². The summed E-state index contributed by atoms with van der Waals surface area (Å²) in [6, 6.07) is 4.01. The van der Waals surface area contributed by atoms with E-state index in [1.165, 1.54) is 6.07 Å². The van der Waals surface area contributed by atoms with Crippen LogP contribution in [0.5, 0.6) is 0 Å². The predicted octanol–water partition coefficient (Wildman–Crippen LogP) is 2.77. The number of nitro benzene ring substituents is 1. The summed E-state index contributed by atoms with van der Waals surface area (Å²) in [7, 11) is 1.80. The molecule has 0 saturated carbocycles. The molecule has 0 spiro atoms. The monoisotopic (exact) mass is 317 g/mol. The van der Waals surface area contributed by atoms with Gasteiger partial charge in [0.1, 0.15) is 0 Å². The van der Waals surface area contributed by atoms with E-state index in [9.17, 15) is 14.9 Å². The highest BCUT2D eigenvalue weighted by molar-refractivity contribution is 5.90. The van der Waals surface area contributed by atoms with Crippen LogP contribution in [-0.4, -0.2) is 20.7 Å². The highest BCUT2D eigenvalue weighted by Gasteiger charge is 2.15. The highest BCUT2D eigenvalue weighted by Crippen LogP contribution is 2.23. The van der Waals surface area contributed by atoms with E-state index < -0.39 is 11.0 Å². The lowest BCUT2D eigenvalue weighted by Crippen LogP contribution is -2.31. The summed E-state index contributed by atoms with van der Waals surface area (Å²) < 4.78 is 1.65. The molecular formula is C15H19N5O3. The number of urea groups is 1. The molecule has 1 heterocycles. The summed E-state index contributed by atoms with van der Waals surface area (Å²) >= 11 is 0. The van der Waals surface area contributed by atoms with E-state index >= 15 is 0 Å². The van der Waals surface area contributed by atoms with Gasteiger partial charge in [0.25, 0.3) is 5.69 Å². The minimum absolute atomic E-state index is 0.00519. The Morgan fingerprint density at radius 2 is 2.22 bits per heavy atom. The molecule has 0 fully saturated rings. The summed E-state index contributed by atoms with van der Waals surface area (Å²) in [5.41, 5.74) is 1.88. The summed E-state index contributed by atoms with van der Waals surface area (Å²) in [5.74, 6) is 0. The molecule has 1 aromatic carbocycles. The molecule has 23 heavy (non-hydrogen) atoms. The van der Waals surface area contributed by atoms with E-state index in [4.69, 9.17) is 0 Å². The molecule has 0 radical (unpaired) electrons. The van der Waals surface area contributed by atoms with Gasteiger partial charge in [-0.2, -0.15) is 5.10 Å². The molecule has 0 bridgehead atoms. The van der Waals surface area contributed by atoms with E-state index in [2.05, 4.69) is 15.7 Å². The molecule has 1 aromatic heterocycles. The van der Waals surface area contributed by atoms with Gasteiger partial charge in [-0.1, -0.05) is 13.0 Å². The normalized spacial score (nSPS) is 11.8. The molecule has 8 nitrogen and oxygen atoms in total. The first kappa shape index (κ1) is 16.5. The molecular weight excluding hydrogens is 298 g/mol. The van der Waals surface area contributed by atoms with E-state index in [1.807, 2.05) is 20.0 Å². The van der Waals surface area contributed by atoms with Gasteiger partial charge in [0.2, 0.25) is 0 Å². The van der Waals surface area contributed by atoms with Crippen molar-refractivity contribution in [2.75, 3.05) is 5.32 Å². The SMILES string of the molecule is CCc1ccc(NC(=O)NC(C)c2cnn(C)c2)cc1[N+](=O)[O-]. The Balaban J connectivity index is 2.05. The summed E-state index contributed by atoms with van der Waals surface area (Å²) in [5, 5.41) is 20.5. The van der Waals surface area contributed by atoms with Crippen LogP contribution in [0.4, 0.5) is 16.2 Å². The van der Waals surface area contributed by atoms with E-state index in [0.29, 0.717) is 17.7 Å². The molecule has 0 aliphatic carbocycles. The second-order valence-corrected chi connectivity index (χ2v) is 5.22. The number of benzene rings is 1. The van der Waals surface area contributed by atoms with Crippen LogP contribution < -0.4 is 10.6 Å². The Hall–Kier alpha value is -2.90. The largest absolute Gasteiger partial charge is 0.331 e. The molecule has 1 atom stereocenters. The third-order valence-electron chi connectivity index (χ3n) is 3.49. The van der Waals surface area contributed by atoms with Crippen LogP contribution in [0.2, 0.25) is 0 Å². The van der Waals surface area contributed by atoms with Gasteiger partial charge in [-0.3, -0.25) is 14.8 Å². The summed E-state index contributed by atoms with van der Waals surface area (Å²) in [4.78, 5) is 22.6. The van der Waals surface area contributed by atoms with Crippen molar-refractivity contribution in [3.05, 3.63) is 51.8 Å². The number of amides is 2. The van der Waals surface area contributed by atoms with Crippen molar-refractivity contribution in [1.82, 2.24) is 15.1 Å². The number of rotatable bonds is 5. The third-order valence-corrected chi connectivity index (χ3v) is 3.49. The number of aryl methyl sites for hydroxylation is 2. The van der Waals surface area contributed by atoms with Crippen LogP contribution in [-0.2, 0) is 13.5 Å². The van der Waals surface area contributed by atoms with Crippen molar-refractivity contribution in [3.8, 4) is 0 Å². The van der Waals surface area contributed by atoms with Crippen molar-refractivity contribution in [3.63, 3.8) is 0 Å². The standard InChI is InChI=1S/C15H19N5O3/c1-4-11-5-6-13(7-14(11)20(22)23)18-15(21)17-10(2)12-8-16-19(3)9-12/h5-10H,4H2,1-3H3,(H2,17,18,21). The lowest BCUT2D eigenvalue weighted by molar-refractivity contribution is -0.385. The molecule has 8 heteroatoms. The average Bonchev–Trinajstić information content (AvgIpc) is 2.93. The molecule has 2 N–H and O–H groups in total. The van der Waals surface area contributed by atoms with Gasteiger partial charge in [-0.25, -0.2) is 4.79 Å². The van der Waals surface area contributed by atoms with E-state index in [1.54, 1.807) is 30.1 Å². The number of nitrogens with one attached hydrogen (secondary N) is 2. The molecule has 2 rings (SSSR count). The second kappa shape index (κ2) is 6.91. The number of hydrogen-bond donors (Lipinski definition) is 2. The van der Waals surface area contributed by atoms with Crippen LogP contribution in [0.1, 0.15) is 31.0 Å². The fourth-order valence-corrected chi connectivity index (χ4v) is 2.22. The zero-order valence-electron chi connectivity index (χ0n) is 13.2. The van der Waals surface area contributed by atoms with Gasteiger partial charge in [0.15, 0.2) is 0 Å². The van der Waals surface area contributed by atoms with Gasteiger partial charge in [-0.15, -0.1) is 0 Å². The number of carbonyl (C=O) groups is 1. The molecule has 0 aliphatic rings. The number of anilines is 1. The quantitative estimate of drug-likeness (QED) is 0.654. The first-order chi connectivity index (χ1) is 10.9. The van der Waals surface area contributed by atoms with Crippen molar-refractivity contribution >= 4 is 17.4 Å². The second-order valence-electron chi connectivity index (χ2n) is 5.22. The Labute approximate surface area is 133 Å². The fourth-order valence-electron chi connectivity index (χ4n) is 2.22. The molecule has 2 amide bonds. The fraction of sp³-hybridized carbons (Fsp3) is 0.333. The Bertz CT molecular complexity index is 726. The lowest BCUT2D eigenvalue weighted by Gasteiger charge is -2.13. The van der Waals surface area contributed by atoms with Gasteiger partial charge >= 0.3 is 6.03 Å². The van der Waals surface area contributed by atoms with Crippen LogP contribution >= 0.6 is 0 Å². The smallest absolute Gasteiger partial charge is 0.319 e. The number of carbonyl (C=O) groups excluding carboxylic acids is 1. The van der Waals surface area contributed by atoms with Crippen molar-refractivity contribution in [1.29, 1.82) is 0 Å². The predicted molar refractivity (Wildman–Crippen MR) is 86.3 cm³/mol. The number of nitro groups is 1. The zero-order valence-corrected chi connectivity index (χ0v) is 13.2. The maximum absolute atomic E-state index is 12.0. The minimum Gasteiger partial charge on any atom is -0.331 e. The summed E-state index contributed by atoms with van der Waals surface area (Å²) in [6.45, 7) is 3.68. The Morgan fingerprint density at radius 1 is 1.48 bits per heavy atom.